The van der Waals surface area contributed by atoms with Crippen molar-refractivity contribution in [3.8, 4) is 11.5 Å². The third-order valence-corrected chi connectivity index (χ3v) is 4.68. The zero-order valence-electron chi connectivity index (χ0n) is 15.7. The van der Waals surface area contributed by atoms with E-state index in [-0.39, 0.29) is 11.8 Å². The van der Waals surface area contributed by atoms with E-state index in [0.29, 0.717) is 35.0 Å². The molecular weight excluding hydrogens is 380 g/mol. The fourth-order valence-electron chi connectivity index (χ4n) is 2.69. The average molecular weight is 400 g/mol. The van der Waals surface area contributed by atoms with Gasteiger partial charge in [-0.25, -0.2) is 4.98 Å². The molecule has 28 heavy (non-hydrogen) atoms. The Morgan fingerprint density at radius 3 is 2.71 bits per heavy atom. The van der Waals surface area contributed by atoms with Gasteiger partial charge in [0.15, 0.2) is 11.5 Å². The summed E-state index contributed by atoms with van der Waals surface area (Å²) in [5.74, 6) is 0.0911. The van der Waals surface area contributed by atoms with Crippen molar-refractivity contribution in [1.29, 1.82) is 0 Å². The number of carbonyl (C=O) groups excluding carboxylic acids is 2. The monoisotopic (exact) mass is 400 g/mol. The lowest BCUT2D eigenvalue weighted by Gasteiger charge is -2.19. The van der Waals surface area contributed by atoms with Gasteiger partial charge in [0.2, 0.25) is 0 Å². The Kier molecular flexibility index (Phi) is 5.95. The Bertz CT molecular complexity index is 955. The first-order valence-corrected chi connectivity index (χ1v) is 9.31. The fourth-order valence-corrected chi connectivity index (χ4v) is 3.24. The molecule has 0 unspecified atom stereocenters. The molecule has 0 saturated carbocycles. The number of benzene rings is 1. The molecule has 3 rings (SSSR count). The summed E-state index contributed by atoms with van der Waals surface area (Å²) >= 11 is 1.47. The molecule has 8 nitrogen and oxygen atoms in total. The first-order chi connectivity index (χ1) is 13.5. The summed E-state index contributed by atoms with van der Waals surface area (Å²) in [6.45, 7) is 0.376. The van der Waals surface area contributed by atoms with E-state index < -0.39 is 0 Å². The number of H-pyrrole nitrogens is 1. The number of ether oxygens (including phenoxy) is 2. The van der Waals surface area contributed by atoms with Crippen LogP contribution in [0.4, 0.5) is 5.69 Å². The minimum absolute atomic E-state index is 0.232. The van der Waals surface area contributed by atoms with Crippen LogP contribution in [-0.4, -0.2) is 47.9 Å². The maximum absolute atomic E-state index is 12.9. The predicted octanol–water partition coefficient (Wildman–Crippen LogP) is 3.01. The van der Waals surface area contributed by atoms with Gasteiger partial charge in [0, 0.05) is 24.2 Å². The summed E-state index contributed by atoms with van der Waals surface area (Å²) in [6, 6.07) is 6.53. The molecule has 0 aliphatic carbocycles. The standard InChI is InChI=1S/C19H20N4O4S/c1-23(9-13-10-28-11-21-13)19(25)12-7-15(17(27-3)16(8-12)26-2)22-18(24)14-5-4-6-20-14/h4-8,10-11,20H,9H2,1-3H3,(H,22,24). The molecule has 9 heteroatoms. The van der Waals surface area contributed by atoms with Crippen LogP contribution in [0, 0.1) is 0 Å². The number of rotatable bonds is 7. The second-order valence-electron chi connectivity index (χ2n) is 5.94. The molecule has 146 valence electrons. The number of hydrogen-bond donors (Lipinski definition) is 2. The highest BCUT2D eigenvalue weighted by Crippen LogP contribution is 2.37. The summed E-state index contributed by atoms with van der Waals surface area (Å²) < 4.78 is 10.7. The molecule has 0 fully saturated rings. The van der Waals surface area contributed by atoms with E-state index in [9.17, 15) is 9.59 Å². The maximum atomic E-state index is 12.9. The number of anilines is 1. The molecule has 0 spiro atoms. The highest BCUT2D eigenvalue weighted by atomic mass is 32.1. The number of aromatic amines is 1. The molecule has 2 amide bonds. The lowest BCUT2D eigenvalue weighted by atomic mass is 10.1. The first-order valence-electron chi connectivity index (χ1n) is 8.36. The second-order valence-corrected chi connectivity index (χ2v) is 6.66. The van der Waals surface area contributed by atoms with E-state index in [0.717, 1.165) is 5.69 Å². The zero-order chi connectivity index (χ0) is 20.1. The molecule has 0 saturated heterocycles. The molecule has 0 radical (unpaired) electrons. The van der Waals surface area contributed by atoms with E-state index in [1.54, 1.807) is 47.9 Å². The minimum Gasteiger partial charge on any atom is -0.493 e. The van der Waals surface area contributed by atoms with Crippen molar-refractivity contribution in [1.82, 2.24) is 14.9 Å². The predicted molar refractivity (Wildman–Crippen MR) is 106 cm³/mol. The maximum Gasteiger partial charge on any atom is 0.272 e. The van der Waals surface area contributed by atoms with Crippen LogP contribution in [-0.2, 0) is 6.54 Å². The van der Waals surface area contributed by atoms with Gasteiger partial charge in [-0.2, -0.15) is 0 Å². The number of hydrogen-bond acceptors (Lipinski definition) is 6. The van der Waals surface area contributed by atoms with Crippen LogP contribution in [0.2, 0.25) is 0 Å². The number of amides is 2. The van der Waals surface area contributed by atoms with E-state index in [4.69, 9.17) is 9.47 Å². The number of methoxy groups -OCH3 is 2. The lowest BCUT2D eigenvalue weighted by molar-refractivity contribution is 0.0783. The molecule has 2 aromatic heterocycles. The highest BCUT2D eigenvalue weighted by molar-refractivity contribution is 7.07. The van der Waals surface area contributed by atoms with Gasteiger partial charge in [-0.1, -0.05) is 0 Å². The Balaban J connectivity index is 1.90. The van der Waals surface area contributed by atoms with Crippen molar-refractivity contribution in [2.75, 3.05) is 26.6 Å². The molecule has 0 aliphatic rings. The minimum atomic E-state index is -0.356. The van der Waals surface area contributed by atoms with Crippen LogP contribution in [0.25, 0.3) is 0 Å². The van der Waals surface area contributed by atoms with Crippen LogP contribution < -0.4 is 14.8 Å². The second kappa shape index (κ2) is 8.57. The normalized spacial score (nSPS) is 10.4. The Hall–Kier alpha value is -3.33. The van der Waals surface area contributed by atoms with E-state index in [1.807, 2.05) is 5.38 Å². The van der Waals surface area contributed by atoms with Crippen molar-refractivity contribution in [2.24, 2.45) is 0 Å². The largest absolute Gasteiger partial charge is 0.493 e. The van der Waals surface area contributed by atoms with Crippen LogP contribution in [0.3, 0.4) is 0 Å². The van der Waals surface area contributed by atoms with Gasteiger partial charge < -0.3 is 24.7 Å². The van der Waals surface area contributed by atoms with Crippen molar-refractivity contribution in [3.05, 3.63) is 58.3 Å². The van der Waals surface area contributed by atoms with Crippen molar-refractivity contribution in [2.45, 2.75) is 6.54 Å². The molecule has 0 atom stereocenters. The Morgan fingerprint density at radius 2 is 2.11 bits per heavy atom. The molecule has 0 bridgehead atoms. The number of thiazole rings is 1. The smallest absolute Gasteiger partial charge is 0.272 e. The number of nitrogens with zero attached hydrogens (tertiary/aromatic N) is 2. The van der Waals surface area contributed by atoms with Crippen molar-refractivity contribution >= 4 is 28.8 Å². The van der Waals surface area contributed by atoms with Gasteiger partial charge in [-0.15, -0.1) is 11.3 Å². The lowest BCUT2D eigenvalue weighted by Crippen LogP contribution is -2.26. The van der Waals surface area contributed by atoms with Crippen LogP contribution >= 0.6 is 11.3 Å². The summed E-state index contributed by atoms with van der Waals surface area (Å²) in [5.41, 5.74) is 3.61. The van der Waals surface area contributed by atoms with Gasteiger partial charge in [0.25, 0.3) is 11.8 Å². The number of aromatic nitrogens is 2. The fraction of sp³-hybridized carbons (Fsp3) is 0.211. The summed E-state index contributed by atoms with van der Waals surface area (Å²) in [7, 11) is 4.63. The average Bonchev–Trinajstić information content (AvgIpc) is 3.40. The molecule has 2 N–H and O–H groups in total. The third-order valence-electron chi connectivity index (χ3n) is 4.05. The summed E-state index contributed by atoms with van der Waals surface area (Å²) in [6.07, 6.45) is 1.65. The van der Waals surface area contributed by atoms with Crippen LogP contribution in [0.15, 0.2) is 41.4 Å². The number of nitrogens with one attached hydrogen (secondary N) is 2. The molecular formula is C19H20N4O4S. The van der Waals surface area contributed by atoms with Gasteiger partial charge in [0.1, 0.15) is 5.69 Å². The molecule has 2 heterocycles. The molecule has 1 aromatic carbocycles. The topological polar surface area (TPSA) is 96.5 Å². The van der Waals surface area contributed by atoms with Gasteiger partial charge in [-0.3, -0.25) is 9.59 Å². The van der Waals surface area contributed by atoms with E-state index in [2.05, 4.69) is 15.3 Å². The highest BCUT2D eigenvalue weighted by Gasteiger charge is 2.21. The zero-order valence-corrected chi connectivity index (χ0v) is 16.5. The number of carbonyl (C=O) groups is 2. The van der Waals surface area contributed by atoms with Crippen LogP contribution in [0.5, 0.6) is 11.5 Å². The Labute approximate surface area is 166 Å². The molecule has 3 aromatic rings. The van der Waals surface area contributed by atoms with E-state index >= 15 is 0 Å². The van der Waals surface area contributed by atoms with E-state index in [1.165, 1.54) is 25.6 Å². The van der Waals surface area contributed by atoms with Crippen molar-refractivity contribution in [3.63, 3.8) is 0 Å². The van der Waals surface area contributed by atoms with Crippen LogP contribution in [0.1, 0.15) is 26.5 Å². The summed E-state index contributed by atoms with van der Waals surface area (Å²) in [4.78, 5) is 33.9. The quantitative estimate of drug-likeness (QED) is 0.636. The Morgan fingerprint density at radius 1 is 1.29 bits per heavy atom. The van der Waals surface area contributed by atoms with Gasteiger partial charge in [0.05, 0.1) is 37.7 Å². The molecule has 0 aliphatic heterocycles. The van der Waals surface area contributed by atoms with Gasteiger partial charge in [-0.05, 0) is 24.3 Å². The van der Waals surface area contributed by atoms with Crippen molar-refractivity contribution < 1.29 is 19.1 Å². The van der Waals surface area contributed by atoms with Gasteiger partial charge >= 0.3 is 0 Å². The SMILES string of the molecule is COc1cc(C(=O)N(C)Cc2cscn2)cc(NC(=O)c2ccc[nH]2)c1OC. The summed E-state index contributed by atoms with van der Waals surface area (Å²) in [5, 5.41) is 4.65. The third kappa shape index (κ3) is 4.15. The first kappa shape index (κ1) is 19.4.